The van der Waals surface area contributed by atoms with Crippen LogP contribution in [0.5, 0.6) is 0 Å². The second-order valence-corrected chi connectivity index (χ2v) is 9.33. The number of Topliss-reactive ketones (excluding diaryl/α,β-unsaturated/α-hetero) is 1. The summed E-state index contributed by atoms with van der Waals surface area (Å²) in [7, 11) is 0. The molecule has 2 aliphatic rings. The van der Waals surface area contributed by atoms with E-state index in [-0.39, 0.29) is 47.7 Å². The van der Waals surface area contributed by atoms with Gasteiger partial charge in [-0.15, -0.1) is 0 Å². The molecule has 166 valence electrons. The SMILES string of the molecule is CC1C=C(C(=O)c2c(C(C)C)c(=O)[nH]c(=O)n2CC2CC(N)=NC(C)C2)CC(C#N)C1. The van der Waals surface area contributed by atoms with E-state index in [4.69, 9.17) is 5.73 Å². The van der Waals surface area contributed by atoms with Crippen LogP contribution < -0.4 is 17.0 Å². The number of allylic oxidation sites excluding steroid dienone is 2. The third kappa shape index (κ3) is 4.87. The zero-order valence-corrected chi connectivity index (χ0v) is 18.6. The monoisotopic (exact) mass is 425 g/mol. The van der Waals surface area contributed by atoms with Crippen molar-refractivity contribution in [3.63, 3.8) is 0 Å². The highest BCUT2D eigenvalue weighted by molar-refractivity contribution is 6.08. The first-order chi connectivity index (χ1) is 14.6. The molecule has 8 nitrogen and oxygen atoms in total. The molecule has 0 fully saturated rings. The molecule has 1 aromatic rings. The number of carbonyl (C=O) groups excluding carboxylic acids is 1. The summed E-state index contributed by atoms with van der Waals surface area (Å²) in [5, 5.41) is 9.41. The Balaban J connectivity index is 2.12. The topological polar surface area (TPSA) is 134 Å². The van der Waals surface area contributed by atoms with E-state index in [0.29, 0.717) is 36.2 Å². The Morgan fingerprint density at radius 2 is 2.03 bits per heavy atom. The van der Waals surface area contributed by atoms with E-state index in [1.54, 1.807) is 0 Å². The lowest BCUT2D eigenvalue weighted by Crippen LogP contribution is -2.41. The zero-order chi connectivity index (χ0) is 22.9. The van der Waals surface area contributed by atoms with Crippen LogP contribution in [0, 0.1) is 29.1 Å². The van der Waals surface area contributed by atoms with Gasteiger partial charge in [0.2, 0.25) is 5.78 Å². The Morgan fingerprint density at radius 1 is 1.32 bits per heavy atom. The number of nitrogens with one attached hydrogen (secondary N) is 1. The molecule has 3 N–H and O–H groups in total. The van der Waals surface area contributed by atoms with Crippen LogP contribution in [0.1, 0.15) is 75.3 Å². The average Bonchev–Trinajstić information content (AvgIpc) is 2.67. The lowest BCUT2D eigenvalue weighted by molar-refractivity contribution is 0.101. The number of carbonyl (C=O) groups is 1. The Bertz CT molecular complexity index is 1090. The van der Waals surface area contributed by atoms with Gasteiger partial charge in [0, 0.05) is 24.6 Å². The number of aromatic nitrogens is 2. The number of hydrogen-bond donors (Lipinski definition) is 2. The molecule has 4 atom stereocenters. The maximum atomic E-state index is 13.7. The average molecular weight is 426 g/mol. The predicted octanol–water partition coefficient (Wildman–Crippen LogP) is 2.49. The van der Waals surface area contributed by atoms with Crippen LogP contribution in [0.15, 0.2) is 26.2 Å². The summed E-state index contributed by atoms with van der Waals surface area (Å²) in [5.74, 6) is -0.173. The van der Waals surface area contributed by atoms with Gasteiger partial charge < -0.3 is 5.73 Å². The summed E-state index contributed by atoms with van der Waals surface area (Å²) in [6.07, 6.45) is 4.19. The zero-order valence-electron chi connectivity index (χ0n) is 18.6. The first-order valence-corrected chi connectivity index (χ1v) is 10.9. The summed E-state index contributed by atoms with van der Waals surface area (Å²) in [5.41, 5.74) is 5.81. The number of H-pyrrole nitrogens is 1. The molecule has 0 saturated carbocycles. The van der Waals surface area contributed by atoms with Crippen molar-refractivity contribution in [2.45, 2.75) is 71.9 Å². The van der Waals surface area contributed by atoms with E-state index in [1.807, 2.05) is 33.8 Å². The number of hydrogen-bond acceptors (Lipinski definition) is 6. The van der Waals surface area contributed by atoms with E-state index >= 15 is 0 Å². The Labute approximate surface area is 181 Å². The van der Waals surface area contributed by atoms with Crippen molar-refractivity contribution < 1.29 is 4.79 Å². The number of ketones is 1. The molecule has 4 unspecified atom stereocenters. The van der Waals surface area contributed by atoms with Gasteiger partial charge in [0.15, 0.2) is 0 Å². The quantitative estimate of drug-likeness (QED) is 0.699. The first kappa shape index (κ1) is 22.7. The molecule has 0 radical (unpaired) electrons. The number of nitrogens with zero attached hydrogens (tertiary/aromatic N) is 3. The molecule has 1 aromatic heterocycles. The van der Waals surface area contributed by atoms with Gasteiger partial charge in [0.1, 0.15) is 5.69 Å². The van der Waals surface area contributed by atoms with Gasteiger partial charge in [-0.05, 0) is 49.5 Å². The van der Waals surface area contributed by atoms with Gasteiger partial charge in [-0.3, -0.25) is 24.1 Å². The fourth-order valence-electron chi connectivity index (χ4n) is 4.88. The van der Waals surface area contributed by atoms with E-state index in [0.717, 1.165) is 6.42 Å². The molecule has 0 aromatic carbocycles. The van der Waals surface area contributed by atoms with Crippen LogP contribution in [-0.4, -0.2) is 27.2 Å². The van der Waals surface area contributed by atoms with Gasteiger partial charge >= 0.3 is 5.69 Å². The lowest BCUT2D eigenvalue weighted by Gasteiger charge is -2.27. The highest BCUT2D eigenvalue weighted by Crippen LogP contribution is 2.31. The van der Waals surface area contributed by atoms with Crippen LogP contribution in [0.2, 0.25) is 0 Å². The summed E-state index contributed by atoms with van der Waals surface area (Å²) >= 11 is 0. The van der Waals surface area contributed by atoms with Gasteiger partial charge in [-0.2, -0.15) is 5.26 Å². The summed E-state index contributed by atoms with van der Waals surface area (Å²) in [4.78, 5) is 46.0. The van der Waals surface area contributed by atoms with Gasteiger partial charge in [0.25, 0.3) is 5.56 Å². The highest BCUT2D eigenvalue weighted by Gasteiger charge is 2.31. The molecule has 1 aliphatic carbocycles. The van der Waals surface area contributed by atoms with Gasteiger partial charge in [-0.1, -0.05) is 26.8 Å². The van der Waals surface area contributed by atoms with Crippen LogP contribution in [0.3, 0.4) is 0 Å². The molecule has 2 heterocycles. The maximum absolute atomic E-state index is 13.7. The summed E-state index contributed by atoms with van der Waals surface area (Å²) in [6.45, 7) is 7.88. The number of amidine groups is 1. The van der Waals surface area contributed by atoms with Crippen molar-refractivity contribution >= 4 is 11.6 Å². The molecular formula is C23H31N5O3. The minimum atomic E-state index is -0.590. The molecule has 0 bridgehead atoms. The number of aliphatic imine (C=N–C) groups is 1. The van der Waals surface area contributed by atoms with Crippen LogP contribution in [0.4, 0.5) is 0 Å². The maximum Gasteiger partial charge on any atom is 0.328 e. The van der Waals surface area contributed by atoms with Crippen molar-refractivity contribution in [3.8, 4) is 6.07 Å². The van der Waals surface area contributed by atoms with Crippen LogP contribution >= 0.6 is 0 Å². The third-order valence-corrected chi connectivity index (χ3v) is 6.11. The summed E-state index contributed by atoms with van der Waals surface area (Å²) < 4.78 is 1.41. The molecule has 0 saturated heterocycles. The highest BCUT2D eigenvalue weighted by atomic mass is 16.2. The molecule has 0 spiro atoms. The minimum Gasteiger partial charge on any atom is -0.387 e. The standard InChI is InChI=1S/C23H31N5O3/c1-12(2)19-20(21(29)17-6-13(3)5-15(8-17)10-24)28(23(31)27-22(19)30)11-16-7-14(4)26-18(25)9-16/h6,12-16H,5,7-9,11H2,1-4H3,(H2,25,26)(H,27,30,31). The van der Waals surface area contributed by atoms with Crippen LogP contribution in [-0.2, 0) is 6.54 Å². The Morgan fingerprint density at radius 3 is 2.65 bits per heavy atom. The van der Waals surface area contributed by atoms with E-state index in [2.05, 4.69) is 16.0 Å². The second-order valence-electron chi connectivity index (χ2n) is 9.33. The van der Waals surface area contributed by atoms with Crippen LogP contribution in [0.25, 0.3) is 0 Å². The Hall–Kier alpha value is -2.95. The fraction of sp³-hybridized carbons (Fsp3) is 0.609. The van der Waals surface area contributed by atoms with E-state index in [9.17, 15) is 19.6 Å². The second kappa shape index (κ2) is 9.04. The fourth-order valence-corrected chi connectivity index (χ4v) is 4.88. The number of aromatic amines is 1. The molecule has 3 rings (SSSR count). The van der Waals surface area contributed by atoms with Crippen molar-refractivity contribution in [2.24, 2.45) is 28.5 Å². The molecule has 0 amide bonds. The van der Waals surface area contributed by atoms with Crippen molar-refractivity contribution in [2.75, 3.05) is 0 Å². The smallest absolute Gasteiger partial charge is 0.328 e. The largest absolute Gasteiger partial charge is 0.387 e. The minimum absolute atomic E-state index is 0.0359. The van der Waals surface area contributed by atoms with Gasteiger partial charge in [-0.25, -0.2) is 4.79 Å². The number of rotatable bonds is 5. The summed E-state index contributed by atoms with van der Waals surface area (Å²) in [6, 6.07) is 2.31. The van der Waals surface area contributed by atoms with Crippen molar-refractivity contribution in [3.05, 3.63) is 43.7 Å². The van der Waals surface area contributed by atoms with E-state index < -0.39 is 11.2 Å². The Kier molecular flexibility index (Phi) is 6.63. The van der Waals surface area contributed by atoms with Crippen molar-refractivity contribution in [1.82, 2.24) is 9.55 Å². The van der Waals surface area contributed by atoms with Crippen molar-refractivity contribution in [1.29, 1.82) is 5.26 Å². The third-order valence-electron chi connectivity index (χ3n) is 6.11. The van der Waals surface area contributed by atoms with E-state index in [1.165, 1.54) is 4.57 Å². The number of nitriles is 1. The predicted molar refractivity (Wildman–Crippen MR) is 119 cm³/mol. The number of nitrogens with two attached hydrogens (primary N) is 1. The molecule has 1 aliphatic heterocycles. The molecular weight excluding hydrogens is 394 g/mol. The normalized spacial score (nSPS) is 26.2. The molecule has 31 heavy (non-hydrogen) atoms. The lowest BCUT2D eigenvalue weighted by atomic mass is 9.81. The molecule has 8 heteroatoms. The first-order valence-electron chi connectivity index (χ1n) is 10.9. The van der Waals surface area contributed by atoms with Gasteiger partial charge in [0.05, 0.1) is 17.8 Å².